The van der Waals surface area contributed by atoms with Gasteiger partial charge in [-0.3, -0.25) is 4.79 Å². The van der Waals surface area contributed by atoms with E-state index in [2.05, 4.69) is 15.5 Å². The minimum atomic E-state index is -0.277. The van der Waals surface area contributed by atoms with Gasteiger partial charge < -0.3 is 5.32 Å². The van der Waals surface area contributed by atoms with Gasteiger partial charge in [0.15, 0.2) is 0 Å². The highest BCUT2D eigenvalue weighted by molar-refractivity contribution is 6.42. The van der Waals surface area contributed by atoms with Gasteiger partial charge in [0.05, 0.1) is 35.0 Å². The molecule has 1 aromatic heterocycles. The second-order valence-electron chi connectivity index (χ2n) is 5.15. The molecule has 0 saturated heterocycles. The van der Waals surface area contributed by atoms with Crippen molar-refractivity contribution in [1.29, 1.82) is 0 Å². The maximum Gasteiger partial charge on any atom is 0.251 e. The highest BCUT2D eigenvalue weighted by atomic mass is 35.5. The minimum absolute atomic E-state index is 0.241. The first kappa shape index (κ1) is 16.5. The van der Waals surface area contributed by atoms with Crippen LogP contribution >= 0.6 is 23.2 Å². The molecule has 0 aliphatic heterocycles. The van der Waals surface area contributed by atoms with E-state index >= 15 is 0 Å². The van der Waals surface area contributed by atoms with Crippen molar-refractivity contribution in [3.05, 3.63) is 82.1 Å². The van der Waals surface area contributed by atoms with Gasteiger partial charge in [-0.2, -0.15) is 15.0 Å². The van der Waals surface area contributed by atoms with Crippen molar-refractivity contribution in [3.8, 4) is 0 Å². The molecule has 0 fully saturated rings. The molecule has 0 saturated carbocycles. The van der Waals surface area contributed by atoms with Gasteiger partial charge in [0.25, 0.3) is 5.91 Å². The molecule has 0 radical (unpaired) electrons. The Hall–Kier alpha value is -2.37. The molecule has 1 amide bonds. The number of carbonyl (C=O) groups is 1. The molecule has 3 rings (SSSR count). The number of nitrogens with one attached hydrogen (secondary N) is 1. The van der Waals surface area contributed by atoms with E-state index in [1.165, 1.54) is 4.80 Å². The lowest BCUT2D eigenvalue weighted by Crippen LogP contribution is -2.32. The molecule has 0 aliphatic rings. The summed E-state index contributed by atoms with van der Waals surface area (Å²) in [7, 11) is 0. The van der Waals surface area contributed by atoms with Crippen LogP contribution in [0.25, 0.3) is 0 Å². The van der Waals surface area contributed by atoms with E-state index in [-0.39, 0.29) is 11.9 Å². The topological polar surface area (TPSA) is 59.8 Å². The van der Waals surface area contributed by atoms with Crippen molar-refractivity contribution < 1.29 is 4.79 Å². The van der Waals surface area contributed by atoms with Crippen LogP contribution in [0.3, 0.4) is 0 Å². The van der Waals surface area contributed by atoms with E-state index in [4.69, 9.17) is 23.2 Å². The summed E-state index contributed by atoms with van der Waals surface area (Å²) in [6.07, 6.45) is 3.20. The monoisotopic (exact) mass is 360 g/mol. The average molecular weight is 361 g/mol. The summed E-state index contributed by atoms with van der Waals surface area (Å²) < 4.78 is 0. The number of amides is 1. The number of benzene rings is 2. The number of rotatable bonds is 5. The molecular weight excluding hydrogens is 347 g/mol. The predicted octanol–water partition coefficient (Wildman–Crippen LogP) is 3.76. The molecule has 1 unspecified atom stereocenters. The molecule has 24 heavy (non-hydrogen) atoms. The van der Waals surface area contributed by atoms with Gasteiger partial charge in [0.1, 0.15) is 0 Å². The molecule has 122 valence electrons. The van der Waals surface area contributed by atoms with E-state index in [9.17, 15) is 4.79 Å². The van der Waals surface area contributed by atoms with Gasteiger partial charge in [-0.15, -0.1) is 0 Å². The van der Waals surface area contributed by atoms with Crippen molar-refractivity contribution in [2.24, 2.45) is 0 Å². The van der Waals surface area contributed by atoms with Crippen molar-refractivity contribution in [1.82, 2.24) is 20.3 Å². The zero-order chi connectivity index (χ0) is 16.9. The molecule has 5 nitrogen and oxygen atoms in total. The van der Waals surface area contributed by atoms with Crippen molar-refractivity contribution >= 4 is 29.1 Å². The quantitative estimate of drug-likeness (QED) is 0.753. The number of hydrogen-bond acceptors (Lipinski definition) is 3. The molecule has 0 aliphatic carbocycles. The van der Waals surface area contributed by atoms with E-state index in [1.54, 1.807) is 30.6 Å². The Bertz CT molecular complexity index is 822. The highest BCUT2D eigenvalue weighted by Gasteiger charge is 2.17. The molecule has 3 aromatic rings. The van der Waals surface area contributed by atoms with Gasteiger partial charge in [0, 0.05) is 5.56 Å². The summed E-state index contributed by atoms with van der Waals surface area (Å²) in [5.41, 5.74) is 1.40. The Balaban J connectivity index is 1.83. The number of hydrogen-bond donors (Lipinski definition) is 1. The average Bonchev–Trinajstić information content (AvgIpc) is 3.10. The van der Waals surface area contributed by atoms with Crippen molar-refractivity contribution in [2.45, 2.75) is 12.6 Å². The second kappa shape index (κ2) is 7.47. The van der Waals surface area contributed by atoms with Gasteiger partial charge in [-0.25, -0.2) is 0 Å². The third-order valence-corrected chi connectivity index (χ3v) is 4.24. The van der Waals surface area contributed by atoms with Crippen LogP contribution in [0.5, 0.6) is 0 Å². The van der Waals surface area contributed by atoms with Crippen LogP contribution in [0, 0.1) is 0 Å². The molecule has 1 heterocycles. The van der Waals surface area contributed by atoms with Crippen LogP contribution in [0.1, 0.15) is 22.0 Å². The molecule has 1 N–H and O–H groups in total. The molecule has 1 atom stereocenters. The van der Waals surface area contributed by atoms with Gasteiger partial charge in [-0.05, 0) is 23.8 Å². The molecule has 0 bridgehead atoms. The Morgan fingerprint density at radius 3 is 2.42 bits per heavy atom. The number of aromatic nitrogens is 3. The van der Waals surface area contributed by atoms with Gasteiger partial charge in [0.2, 0.25) is 0 Å². The second-order valence-corrected chi connectivity index (χ2v) is 5.96. The Morgan fingerprint density at radius 1 is 1.04 bits per heavy atom. The fourth-order valence-corrected chi connectivity index (χ4v) is 2.60. The smallest absolute Gasteiger partial charge is 0.251 e. The Kier molecular flexibility index (Phi) is 5.13. The van der Waals surface area contributed by atoms with E-state index < -0.39 is 0 Å². The third kappa shape index (κ3) is 3.93. The summed E-state index contributed by atoms with van der Waals surface area (Å²) >= 11 is 11.9. The van der Waals surface area contributed by atoms with Gasteiger partial charge >= 0.3 is 0 Å². The van der Waals surface area contributed by atoms with Crippen LogP contribution in [0.2, 0.25) is 10.0 Å². The Morgan fingerprint density at radius 2 is 1.75 bits per heavy atom. The first-order chi connectivity index (χ1) is 11.6. The summed E-state index contributed by atoms with van der Waals surface area (Å²) in [5.74, 6) is -0.241. The number of nitrogens with zero attached hydrogens (tertiary/aromatic N) is 3. The zero-order valence-electron chi connectivity index (χ0n) is 12.6. The summed E-state index contributed by atoms with van der Waals surface area (Å²) in [4.78, 5) is 14.1. The van der Waals surface area contributed by atoms with Crippen molar-refractivity contribution in [3.63, 3.8) is 0 Å². The highest BCUT2D eigenvalue weighted by Crippen LogP contribution is 2.23. The Labute approximate surface area is 149 Å². The van der Waals surface area contributed by atoms with E-state index in [1.807, 2.05) is 30.3 Å². The van der Waals surface area contributed by atoms with E-state index in [0.29, 0.717) is 22.2 Å². The zero-order valence-corrected chi connectivity index (χ0v) is 14.1. The number of halogens is 2. The molecule has 0 spiro atoms. The lowest BCUT2D eigenvalue weighted by Gasteiger charge is -2.19. The van der Waals surface area contributed by atoms with Gasteiger partial charge in [-0.1, -0.05) is 53.5 Å². The summed E-state index contributed by atoms with van der Waals surface area (Å²) in [6, 6.07) is 14.2. The minimum Gasteiger partial charge on any atom is -0.343 e. The maximum absolute atomic E-state index is 12.6. The number of carbonyl (C=O) groups excluding carboxylic acids is 1. The first-order valence-corrected chi connectivity index (χ1v) is 8.04. The van der Waals surface area contributed by atoms with Crippen LogP contribution in [0.4, 0.5) is 0 Å². The van der Waals surface area contributed by atoms with Crippen molar-refractivity contribution in [2.75, 3.05) is 0 Å². The van der Waals surface area contributed by atoms with Crippen LogP contribution in [-0.2, 0) is 6.54 Å². The fraction of sp³-hybridized carbons (Fsp3) is 0.118. The summed E-state index contributed by atoms with van der Waals surface area (Å²) in [5, 5.41) is 12.0. The van der Waals surface area contributed by atoms with Crippen LogP contribution in [-0.4, -0.2) is 20.9 Å². The maximum atomic E-state index is 12.6. The van der Waals surface area contributed by atoms with E-state index in [0.717, 1.165) is 5.56 Å². The first-order valence-electron chi connectivity index (χ1n) is 7.28. The fourth-order valence-electron chi connectivity index (χ4n) is 2.30. The largest absolute Gasteiger partial charge is 0.343 e. The van der Waals surface area contributed by atoms with Crippen LogP contribution in [0.15, 0.2) is 60.9 Å². The van der Waals surface area contributed by atoms with Crippen LogP contribution < -0.4 is 5.32 Å². The third-order valence-electron chi connectivity index (χ3n) is 3.50. The predicted molar refractivity (Wildman–Crippen MR) is 93.1 cm³/mol. The standard InChI is InChI=1S/C17H14Cl2N4O/c18-14-7-6-13(10-15(14)19)17(24)22-16(11-23-20-8-9-21-23)12-4-2-1-3-5-12/h1-10,16H,11H2,(H,22,24). The normalized spacial score (nSPS) is 11.9. The molecular formula is C17H14Cl2N4O. The lowest BCUT2D eigenvalue weighted by atomic mass is 10.1. The molecule has 7 heteroatoms. The lowest BCUT2D eigenvalue weighted by molar-refractivity contribution is 0.0931. The molecule has 2 aromatic carbocycles. The summed E-state index contributed by atoms with van der Waals surface area (Å²) in [6.45, 7) is 0.421. The SMILES string of the molecule is O=C(NC(Cn1nccn1)c1ccccc1)c1ccc(Cl)c(Cl)c1.